The molecule has 50 heavy (non-hydrogen) atoms. The minimum absolute atomic E-state index is 0.0652. The number of rotatable bonds is 11. The number of hydrogen-bond acceptors (Lipinski definition) is 8. The molecule has 3 heterocycles. The molecule has 0 saturated carbocycles. The Balaban J connectivity index is 1.52. The average molecular weight is 705 g/mol. The summed E-state index contributed by atoms with van der Waals surface area (Å²) in [5.41, 5.74) is 2.05. The molecule has 0 spiro atoms. The van der Waals surface area contributed by atoms with Crippen LogP contribution < -0.4 is 10.6 Å². The van der Waals surface area contributed by atoms with Gasteiger partial charge in [0, 0.05) is 35.6 Å². The Hall–Kier alpha value is -5.70. The molecule has 13 nitrogen and oxygen atoms in total. The first-order chi connectivity index (χ1) is 23.9. The molecule has 0 saturated heterocycles. The molecule has 16 heteroatoms. The van der Waals surface area contributed by atoms with E-state index in [1.54, 1.807) is 48.5 Å². The van der Waals surface area contributed by atoms with Gasteiger partial charge in [0.1, 0.15) is 18.8 Å². The molecule has 5 rings (SSSR count). The Morgan fingerprint density at radius 1 is 1.08 bits per heavy atom. The molecular formula is C34H35ClF2N10O3. The standard InChI is InChI=1S/C34H35ClF2N10O3/c1-34(2,3)13-15-40-32(38)47(30(48)22-9-7-21(8-10-22)24-17-43-46(18-24)31(36)37)27(19-50-33(49)44-28-6-4-5-14-39-28)23-11-12-26(35)25(16-23)29-41-20-42-45-29/h4-12,14,16-18,20,27,31H,13,15,19H2,1-3H3,(H2,38,40)(H,39,44,49)(H,41,42,45)/t27-/m1/s1. The highest BCUT2D eigenvalue weighted by atomic mass is 35.5. The predicted octanol–water partition coefficient (Wildman–Crippen LogP) is 7.17. The van der Waals surface area contributed by atoms with Gasteiger partial charge in [-0.25, -0.2) is 19.4 Å². The van der Waals surface area contributed by atoms with Gasteiger partial charge in [0.15, 0.2) is 11.8 Å². The van der Waals surface area contributed by atoms with Gasteiger partial charge < -0.3 is 10.1 Å². The molecule has 0 unspecified atom stereocenters. The number of aromatic amines is 1. The third-order valence-corrected chi connectivity index (χ3v) is 7.85. The molecule has 0 bridgehead atoms. The Morgan fingerprint density at radius 2 is 1.86 bits per heavy atom. The third kappa shape index (κ3) is 9.05. The van der Waals surface area contributed by atoms with E-state index in [-0.39, 0.29) is 29.4 Å². The largest absolute Gasteiger partial charge is 0.447 e. The lowest BCUT2D eigenvalue weighted by molar-refractivity contribution is 0.0566. The van der Waals surface area contributed by atoms with Crippen LogP contribution in [0.2, 0.25) is 5.02 Å². The lowest BCUT2D eigenvalue weighted by Gasteiger charge is -2.33. The van der Waals surface area contributed by atoms with Gasteiger partial charge in [0.25, 0.3) is 5.91 Å². The number of H-pyrrole nitrogens is 1. The smallest absolute Gasteiger partial charge is 0.412 e. The van der Waals surface area contributed by atoms with Crippen LogP contribution in [0.3, 0.4) is 0 Å². The highest BCUT2D eigenvalue weighted by molar-refractivity contribution is 6.33. The summed E-state index contributed by atoms with van der Waals surface area (Å²) in [4.78, 5) is 36.9. The molecule has 0 aliphatic heterocycles. The van der Waals surface area contributed by atoms with E-state index in [1.807, 2.05) is 0 Å². The van der Waals surface area contributed by atoms with E-state index < -0.39 is 24.6 Å². The van der Waals surface area contributed by atoms with Gasteiger partial charge in [-0.3, -0.25) is 25.5 Å². The second kappa shape index (κ2) is 15.7. The van der Waals surface area contributed by atoms with Crippen molar-refractivity contribution in [2.45, 2.75) is 39.8 Å². The molecule has 5 aromatic rings. The third-order valence-electron chi connectivity index (χ3n) is 7.52. The minimum Gasteiger partial charge on any atom is -0.447 e. The predicted molar refractivity (Wildman–Crippen MR) is 184 cm³/mol. The molecular weight excluding hydrogens is 670 g/mol. The summed E-state index contributed by atoms with van der Waals surface area (Å²) in [6.07, 6.45) is 5.21. The van der Waals surface area contributed by atoms with Crippen LogP contribution in [0, 0.1) is 10.8 Å². The number of hydrogen-bond donors (Lipinski definition) is 4. The van der Waals surface area contributed by atoms with E-state index in [1.165, 1.54) is 42.0 Å². The Labute approximate surface area is 291 Å². The molecule has 0 fully saturated rings. The van der Waals surface area contributed by atoms with Crippen molar-refractivity contribution in [1.29, 1.82) is 5.41 Å². The van der Waals surface area contributed by atoms with Crippen LogP contribution in [0.1, 0.15) is 55.7 Å². The fourth-order valence-corrected chi connectivity index (χ4v) is 5.10. The number of anilines is 1. The van der Waals surface area contributed by atoms with Crippen LogP contribution in [-0.4, -0.2) is 66.0 Å². The fourth-order valence-electron chi connectivity index (χ4n) is 4.90. The van der Waals surface area contributed by atoms with Gasteiger partial charge in [0.2, 0.25) is 0 Å². The zero-order chi connectivity index (χ0) is 35.8. The second-order valence-electron chi connectivity index (χ2n) is 12.4. The summed E-state index contributed by atoms with van der Waals surface area (Å²) >= 11 is 6.53. The number of aromatic nitrogens is 6. The van der Waals surface area contributed by atoms with Crippen molar-refractivity contribution in [2.75, 3.05) is 18.5 Å². The number of ether oxygens (including phenoxy) is 1. The summed E-state index contributed by atoms with van der Waals surface area (Å²) in [7, 11) is 0. The minimum atomic E-state index is -2.79. The number of alkyl halides is 2. The summed E-state index contributed by atoms with van der Waals surface area (Å²) < 4.78 is 32.4. The quantitative estimate of drug-likeness (QED) is 0.0829. The van der Waals surface area contributed by atoms with Crippen molar-refractivity contribution >= 4 is 35.4 Å². The number of benzene rings is 2. The molecule has 1 atom stereocenters. The highest BCUT2D eigenvalue weighted by Gasteiger charge is 2.32. The van der Waals surface area contributed by atoms with Crippen LogP contribution in [0.15, 0.2) is 85.6 Å². The Kier molecular flexibility index (Phi) is 11.2. The van der Waals surface area contributed by atoms with E-state index in [0.29, 0.717) is 50.7 Å². The van der Waals surface area contributed by atoms with Crippen molar-refractivity contribution < 1.29 is 23.1 Å². The van der Waals surface area contributed by atoms with Crippen LogP contribution >= 0.6 is 11.6 Å². The fraction of sp³-hybridized carbons (Fsp3) is 0.265. The number of nitrogens with one attached hydrogen (secondary N) is 4. The van der Waals surface area contributed by atoms with Crippen molar-refractivity contribution in [3.8, 4) is 22.5 Å². The first kappa shape index (κ1) is 35.6. The zero-order valence-electron chi connectivity index (χ0n) is 27.4. The highest BCUT2D eigenvalue weighted by Crippen LogP contribution is 2.32. The van der Waals surface area contributed by atoms with Gasteiger partial charge in [-0.2, -0.15) is 19.0 Å². The summed E-state index contributed by atoms with van der Waals surface area (Å²) in [5.74, 6) is -0.206. The van der Waals surface area contributed by atoms with E-state index in [0.717, 1.165) is 0 Å². The molecule has 0 radical (unpaired) electrons. The molecule has 2 amide bonds. The first-order valence-corrected chi connectivity index (χ1v) is 15.9. The van der Waals surface area contributed by atoms with Gasteiger partial charge in [-0.15, -0.1) is 0 Å². The van der Waals surface area contributed by atoms with E-state index in [4.69, 9.17) is 21.7 Å². The first-order valence-electron chi connectivity index (χ1n) is 15.5. The van der Waals surface area contributed by atoms with Crippen LogP contribution in [0.25, 0.3) is 22.5 Å². The van der Waals surface area contributed by atoms with Crippen molar-refractivity contribution in [3.05, 3.63) is 102 Å². The van der Waals surface area contributed by atoms with Crippen molar-refractivity contribution in [1.82, 2.24) is 40.2 Å². The van der Waals surface area contributed by atoms with Crippen LogP contribution in [0.5, 0.6) is 0 Å². The zero-order valence-corrected chi connectivity index (χ0v) is 28.2. The van der Waals surface area contributed by atoms with Gasteiger partial charge in [0.05, 0.1) is 17.3 Å². The molecule has 3 aromatic heterocycles. The van der Waals surface area contributed by atoms with Crippen molar-refractivity contribution in [3.63, 3.8) is 0 Å². The maximum absolute atomic E-state index is 14.4. The van der Waals surface area contributed by atoms with E-state index in [2.05, 4.69) is 56.7 Å². The topological polar surface area (TPSA) is 167 Å². The van der Waals surface area contributed by atoms with Crippen LogP contribution in [0.4, 0.5) is 19.4 Å². The number of halogens is 3. The molecule has 0 aliphatic carbocycles. The number of guanidine groups is 1. The Morgan fingerprint density at radius 3 is 2.50 bits per heavy atom. The van der Waals surface area contributed by atoms with Gasteiger partial charge in [-0.05, 0) is 59.4 Å². The number of amides is 2. The maximum atomic E-state index is 14.4. The number of nitrogens with zero attached hydrogens (tertiary/aromatic N) is 6. The number of carbonyl (C=O) groups is 2. The van der Waals surface area contributed by atoms with Crippen LogP contribution in [-0.2, 0) is 4.74 Å². The number of pyridine rings is 1. The lowest BCUT2D eigenvalue weighted by Crippen LogP contribution is -2.48. The molecule has 2 aromatic carbocycles. The summed E-state index contributed by atoms with van der Waals surface area (Å²) in [5, 5.41) is 25.5. The van der Waals surface area contributed by atoms with Gasteiger partial charge in [-0.1, -0.05) is 56.6 Å². The Bertz CT molecular complexity index is 1910. The molecule has 4 N–H and O–H groups in total. The summed E-state index contributed by atoms with van der Waals surface area (Å²) in [6, 6.07) is 15.2. The normalized spacial score (nSPS) is 12.0. The summed E-state index contributed by atoms with van der Waals surface area (Å²) in [6.45, 7) is 3.38. The SMILES string of the molecule is CC(C)(C)CCNC(=N)N(C(=O)c1ccc(-c2cnn(C(F)F)c2)cc1)[C@H](COC(=O)Nc1ccccn1)c1ccc(Cl)c(-c2ncn[nH]2)c1. The number of carbonyl (C=O) groups excluding carboxylic acids is 2. The molecule has 260 valence electrons. The van der Waals surface area contributed by atoms with E-state index in [9.17, 15) is 18.4 Å². The maximum Gasteiger partial charge on any atom is 0.412 e. The average Bonchev–Trinajstić information content (AvgIpc) is 3.80. The van der Waals surface area contributed by atoms with Gasteiger partial charge >= 0.3 is 12.6 Å². The van der Waals surface area contributed by atoms with Crippen molar-refractivity contribution in [2.24, 2.45) is 5.41 Å². The van der Waals surface area contributed by atoms with E-state index >= 15 is 0 Å². The lowest BCUT2D eigenvalue weighted by atomic mass is 9.92. The molecule has 0 aliphatic rings. The second-order valence-corrected chi connectivity index (χ2v) is 12.8. The monoisotopic (exact) mass is 704 g/mol.